The molecule has 33 heavy (non-hydrogen) atoms. The summed E-state index contributed by atoms with van der Waals surface area (Å²) in [5, 5.41) is 11.8. The summed E-state index contributed by atoms with van der Waals surface area (Å²) in [7, 11) is 1.68. The van der Waals surface area contributed by atoms with E-state index < -0.39 is 0 Å². The predicted octanol–water partition coefficient (Wildman–Crippen LogP) is 2.20. The zero-order valence-electron chi connectivity index (χ0n) is 20.4. The zero-order valence-corrected chi connectivity index (χ0v) is 22.7. The fourth-order valence-electron chi connectivity index (χ4n) is 5.33. The van der Waals surface area contributed by atoms with E-state index in [1.165, 1.54) is 32.1 Å². The molecule has 1 unspecified atom stereocenters. The van der Waals surface area contributed by atoms with E-state index in [0.29, 0.717) is 18.1 Å². The van der Waals surface area contributed by atoms with Gasteiger partial charge in [-0.1, -0.05) is 19.3 Å². The average molecular weight is 576 g/mol. The van der Waals surface area contributed by atoms with Crippen LogP contribution in [0.25, 0.3) is 0 Å². The lowest BCUT2D eigenvalue weighted by atomic mass is 9.73. The molecule has 4 rings (SSSR count). The molecule has 0 amide bonds. The molecule has 9 nitrogen and oxygen atoms in total. The lowest BCUT2D eigenvalue weighted by Crippen LogP contribution is -2.49. The van der Waals surface area contributed by atoms with Gasteiger partial charge in [0.05, 0.1) is 19.8 Å². The fourth-order valence-corrected chi connectivity index (χ4v) is 5.33. The van der Waals surface area contributed by atoms with E-state index in [2.05, 4.69) is 32.5 Å². The SMILES string of the molecule is CCNC(=NCC1(CN2CCOCC2)CCCCC1)NC1CCc2nc(COC)nn2C1.I. The first-order valence-corrected chi connectivity index (χ1v) is 12.5. The molecule has 0 aromatic carbocycles. The number of aromatic nitrogens is 3. The Morgan fingerprint density at radius 1 is 1.24 bits per heavy atom. The van der Waals surface area contributed by atoms with Crippen molar-refractivity contribution < 1.29 is 9.47 Å². The summed E-state index contributed by atoms with van der Waals surface area (Å²) in [5.74, 6) is 2.76. The Labute approximate surface area is 215 Å². The van der Waals surface area contributed by atoms with E-state index in [1.54, 1.807) is 7.11 Å². The van der Waals surface area contributed by atoms with Crippen molar-refractivity contribution in [2.45, 2.75) is 71.1 Å². The molecule has 1 atom stereocenters. The van der Waals surface area contributed by atoms with Crippen molar-refractivity contribution in [3.8, 4) is 0 Å². The van der Waals surface area contributed by atoms with Crippen LogP contribution in [0, 0.1) is 5.41 Å². The third-order valence-corrected chi connectivity index (χ3v) is 7.01. The number of hydrogen-bond acceptors (Lipinski definition) is 6. The molecule has 10 heteroatoms. The first-order valence-electron chi connectivity index (χ1n) is 12.5. The van der Waals surface area contributed by atoms with Gasteiger partial charge in [0.1, 0.15) is 12.4 Å². The minimum atomic E-state index is 0. The number of guanidine groups is 1. The molecular weight excluding hydrogens is 533 g/mol. The molecule has 0 bridgehead atoms. The molecule has 2 fully saturated rings. The number of aryl methyl sites for hydroxylation is 1. The van der Waals surface area contributed by atoms with Gasteiger partial charge in [0.15, 0.2) is 11.8 Å². The van der Waals surface area contributed by atoms with Crippen LogP contribution in [0.4, 0.5) is 0 Å². The molecule has 0 spiro atoms. The summed E-state index contributed by atoms with van der Waals surface area (Å²) in [6, 6.07) is 0.305. The maximum Gasteiger partial charge on any atom is 0.191 e. The molecule has 1 aromatic heterocycles. The molecule has 1 saturated heterocycles. The van der Waals surface area contributed by atoms with Gasteiger partial charge in [-0.3, -0.25) is 9.89 Å². The molecule has 3 aliphatic rings. The molecule has 1 aromatic rings. The normalized spacial score (nSPS) is 23.5. The van der Waals surface area contributed by atoms with E-state index in [4.69, 9.17) is 14.5 Å². The second kappa shape index (κ2) is 13.2. The molecule has 2 aliphatic heterocycles. The van der Waals surface area contributed by atoms with E-state index in [1.807, 2.05) is 4.68 Å². The van der Waals surface area contributed by atoms with Crippen LogP contribution >= 0.6 is 24.0 Å². The highest BCUT2D eigenvalue weighted by atomic mass is 127. The van der Waals surface area contributed by atoms with Gasteiger partial charge in [-0.05, 0) is 26.2 Å². The quantitative estimate of drug-likeness (QED) is 0.279. The lowest BCUT2D eigenvalue weighted by molar-refractivity contribution is 0.00937. The molecule has 1 saturated carbocycles. The standard InChI is InChI=1S/C23H41N7O2.HI/c1-3-24-22(26-19-7-8-21-27-20(16-31-2)28-30(21)15-19)25-17-23(9-5-4-6-10-23)18-29-11-13-32-14-12-29;/h19H,3-18H2,1-2H3,(H2,24,25,26);1H. The molecule has 3 heterocycles. The minimum absolute atomic E-state index is 0. The fraction of sp³-hybridized carbons (Fsp3) is 0.870. The number of methoxy groups -OCH3 is 1. The van der Waals surface area contributed by atoms with Gasteiger partial charge < -0.3 is 20.1 Å². The summed E-state index contributed by atoms with van der Waals surface area (Å²) in [6.07, 6.45) is 8.53. The van der Waals surface area contributed by atoms with E-state index in [9.17, 15) is 0 Å². The van der Waals surface area contributed by atoms with Crippen molar-refractivity contribution in [2.75, 3.05) is 53.0 Å². The number of nitrogens with zero attached hydrogens (tertiary/aromatic N) is 5. The zero-order chi connectivity index (χ0) is 22.2. The van der Waals surface area contributed by atoms with Crippen LogP contribution in [0.3, 0.4) is 0 Å². The van der Waals surface area contributed by atoms with Crippen LogP contribution in [0.2, 0.25) is 0 Å². The van der Waals surface area contributed by atoms with Crippen molar-refractivity contribution in [3.63, 3.8) is 0 Å². The molecule has 2 N–H and O–H groups in total. The first-order chi connectivity index (χ1) is 15.7. The molecule has 188 valence electrons. The van der Waals surface area contributed by atoms with Gasteiger partial charge in [-0.15, -0.1) is 24.0 Å². The highest BCUT2D eigenvalue weighted by molar-refractivity contribution is 14.0. The number of morpholine rings is 1. The number of aliphatic imine (C=N–C) groups is 1. The smallest absolute Gasteiger partial charge is 0.191 e. The average Bonchev–Trinajstić information content (AvgIpc) is 3.21. The highest BCUT2D eigenvalue weighted by Crippen LogP contribution is 2.37. The van der Waals surface area contributed by atoms with Crippen LogP contribution in [0.5, 0.6) is 0 Å². The summed E-state index contributed by atoms with van der Waals surface area (Å²) < 4.78 is 12.8. The molecule has 1 aliphatic carbocycles. The number of nitrogens with one attached hydrogen (secondary N) is 2. The van der Waals surface area contributed by atoms with Crippen molar-refractivity contribution in [1.82, 2.24) is 30.3 Å². The third kappa shape index (κ3) is 7.50. The second-order valence-electron chi connectivity index (χ2n) is 9.58. The minimum Gasteiger partial charge on any atom is -0.379 e. The maximum absolute atomic E-state index is 5.57. The Morgan fingerprint density at radius 3 is 2.76 bits per heavy atom. The topological polar surface area (TPSA) is 88.8 Å². The number of ether oxygens (including phenoxy) is 2. The van der Waals surface area contributed by atoms with Crippen LogP contribution < -0.4 is 10.6 Å². The Bertz CT molecular complexity index is 745. The van der Waals surface area contributed by atoms with E-state index >= 15 is 0 Å². The lowest BCUT2D eigenvalue weighted by Gasteiger charge is -2.41. The summed E-state index contributed by atoms with van der Waals surface area (Å²) in [6.45, 7) is 10.1. The van der Waals surface area contributed by atoms with Gasteiger partial charge in [-0.25, -0.2) is 9.67 Å². The van der Waals surface area contributed by atoms with Gasteiger partial charge >= 0.3 is 0 Å². The van der Waals surface area contributed by atoms with Crippen molar-refractivity contribution >= 4 is 29.9 Å². The highest BCUT2D eigenvalue weighted by Gasteiger charge is 2.34. The Kier molecular flexibility index (Phi) is 10.6. The van der Waals surface area contributed by atoms with Crippen LogP contribution in [-0.2, 0) is 29.0 Å². The first kappa shape index (κ1) is 26.6. The summed E-state index contributed by atoms with van der Waals surface area (Å²) in [5.41, 5.74) is 0.290. The van der Waals surface area contributed by atoms with E-state index in [0.717, 1.165) is 82.9 Å². The predicted molar refractivity (Wildman–Crippen MR) is 140 cm³/mol. The van der Waals surface area contributed by atoms with Crippen molar-refractivity contribution in [2.24, 2.45) is 10.4 Å². The number of hydrogen-bond donors (Lipinski definition) is 2. The van der Waals surface area contributed by atoms with Gasteiger partial charge in [-0.2, -0.15) is 5.10 Å². The van der Waals surface area contributed by atoms with Crippen LogP contribution in [0.15, 0.2) is 4.99 Å². The van der Waals surface area contributed by atoms with Gasteiger partial charge in [0.2, 0.25) is 0 Å². The van der Waals surface area contributed by atoms with Crippen molar-refractivity contribution in [3.05, 3.63) is 11.6 Å². The Balaban J connectivity index is 0.00000306. The molecular formula is C23H42IN7O2. The number of fused-ring (bicyclic) bond motifs is 1. The Hall–Kier alpha value is -0.980. The van der Waals surface area contributed by atoms with E-state index in [-0.39, 0.29) is 24.0 Å². The second-order valence-corrected chi connectivity index (χ2v) is 9.58. The third-order valence-electron chi connectivity index (χ3n) is 7.01. The van der Waals surface area contributed by atoms with Gasteiger partial charge in [0.25, 0.3) is 0 Å². The number of halogens is 1. The van der Waals surface area contributed by atoms with Gasteiger partial charge in [0, 0.05) is 57.7 Å². The molecule has 0 radical (unpaired) electrons. The Morgan fingerprint density at radius 2 is 2.03 bits per heavy atom. The summed E-state index contributed by atoms with van der Waals surface area (Å²) in [4.78, 5) is 12.3. The number of rotatable bonds is 8. The summed E-state index contributed by atoms with van der Waals surface area (Å²) >= 11 is 0. The maximum atomic E-state index is 5.57. The largest absolute Gasteiger partial charge is 0.379 e. The van der Waals surface area contributed by atoms with Crippen LogP contribution in [-0.4, -0.2) is 84.7 Å². The van der Waals surface area contributed by atoms with Crippen molar-refractivity contribution in [1.29, 1.82) is 0 Å². The van der Waals surface area contributed by atoms with Crippen LogP contribution in [0.1, 0.15) is 57.1 Å². The monoisotopic (exact) mass is 575 g/mol.